The molecule has 13 heteroatoms. The SMILES string of the molecule is Cc1nc(-c2ccc(Oc3cc4nc(-c5cnc(Br)cn5)n(COCC[Si](C)(C)C)c4cc3CO)cn2)no1. The third-order valence-electron chi connectivity index (χ3n) is 5.89. The molecule has 39 heavy (non-hydrogen) atoms. The summed E-state index contributed by atoms with van der Waals surface area (Å²) in [5.41, 5.74) is 3.22. The highest BCUT2D eigenvalue weighted by molar-refractivity contribution is 9.10. The molecule has 5 aromatic rings. The maximum absolute atomic E-state index is 10.2. The molecule has 0 radical (unpaired) electrons. The van der Waals surface area contributed by atoms with Gasteiger partial charge in [0, 0.05) is 33.2 Å². The highest BCUT2D eigenvalue weighted by Crippen LogP contribution is 2.33. The van der Waals surface area contributed by atoms with Gasteiger partial charge in [0.05, 0.1) is 36.2 Å². The Balaban J connectivity index is 1.47. The Bertz CT molecular complexity index is 1580. The number of pyridine rings is 1. The summed E-state index contributed by atoms with van der Waals surface area (Å²) in [5.74, 6) is 2.43. The van der Waals surface area contributed by atoms with Gasteiger partial charge in [-0.1, -0.05) is 24.8 Å². The van der Waals surface area contributed by atoms with Crippen molar-refractivity contribution < 1.29 is 19.1 Å². The molecule has 202 valence electrons. The van der Waals surface area contributed by atoms with Gasteiger partial charge < -0.3 is 19.1 Å². The van der Waals surface area contributed by atoms with E-state index < -0.39 is 8.07 Å². The van der Waals surface area contributed by atoms with Gasteiger partial charge in [-0.15, -0.1) is 0 Å². The molecule has 1 N–H and O–H groups in total. The molecule has 0 atom stereocenters. The number of aliphatic hydroxyl groups is 1. The zero-order valence-corrected chi connectivity index (χ0v) is 24.6. The Labute approximate surface area is 234 Å². The molecule has 11 nitrogen and oxygen atoms in total. The molecule has 1 aromatic carbocycles. The number of nitrogens with zero attached hydrogens (tertiary/aromatic N) is 7. The second kappa shape index (κ2) is 11.3. The van der Waals surface area contributed by atoms with Crippen molar-refractivity contribution in [2.75, 3.05) is 6.61 Å². The smallest absolute Gasteiger partial charge is 0.223 e. The number of ether oxygens (including phenoxy) is 2. The van der Waals surface area contributed by atoms with Crippen molar-refractivity contribution >= 4 is 35.0 Å². The molecule has 0 saturated carbocycles. The monoisotopic (exact) mass is 609 g/mol. The minimum absolute atomic E-state index is 0.228. The van der Waals surface area contributed by atoms with Gasteiger partial charge in [-0.05, 0) is 40.2 Å². The average molecular weight is 611 g/mol. The molecule has 0 aliphatic carbocycles. The zero-order chi connectivity index (χ0) is 27.6. The van der Waals surface area contributed by atoms with Crippen molar-refractivity contribution in [3.05, 3.63) is 58.9 Å². The number of imidazole rings is 1. The molecule has 0 aliphatic heterocycles. The highest BCUT2D eigenvalue weighted by Gasteiger charge is 2.19. The van der Waals surface area contributed by atoms with E-state index in [1.807, 2.05) is 10.6 Å². The number of aryl methyl sites for hydroxylation is 1. The lowest BCUT2D eigenvalue weighted by Crippen LogP contribution is -2.22. The third-order valence-corrected chi connectivity index (χ3v) is 8.00. The molecule has 0 fully saturated rings. The first-order valence-electron chi connectivity index (χ1n) is 12.3. The van der Waals surface area contributed by atoms with E-state index in [9.17, 15) is 5.11 Å². The lowest BCUT2D eigenvalue weighted by Gasteiger charge is -2.16. The summed E-state index contributed by atoms with van der Waals surface area (Å²) >= 11 is 3.34. The van der Waals surface area contributed by atoms with Crippen LogP contribution in [0, 0.1) is 6.92 Å². The molecule has 0 saturated heterocycles. The summed E-state index contributed by atoms with van der Waals surface area (Å²) in [6.45, 7) is 9.38. The molecule has 0 aliphatic rings. The van der Waals surface area contributed by atoms with E-state index in [1.54, 1.807) is 43.7 Å². The first-order valence-corrected chi connectivity index (χ1v) is 16.8. The van der Waals surface area contributed by atoms with E-state index >= 15 is 0 Å². The number of hydrogen-bond donors (Lipinski definition) is 1. The van der Waals surface area contributed by atoms with Crippen molar-refractivity contribution in [1.82, 2.24) is 34.6 Å². The van der Waals surface area contributed by atoms with Gasteiger partial charge in [0.15, 0.2) is 5.82 Å². The Kier molecular flexibility index (Phi) is 7.84. The van der Waals surface area contributed by atoms with Crippen LogP contribution in [0.4, 0.5) is 0 Å². The third kappa shape index (κ3) is 6.38. The van der Waals surface area contributed by atoms with E-state index in [4.69, 9.17) is 19.0 Å². The lowest BCUT2D eigenvalue weighted by atomic mass is 10.2. The quantitative estimate of drug-likeness (QED) is 0.157. The number of halogens is 1. The zero-order valence-electron chi connectivity index (χ0n) is 22.1. The second-order valence-electron chi connectivity index (χ2n) is 10.2. The standard InChI is InChI=1S/C26H28BrN7O4Si/c1-16-31-25(33-38-16)19-6-5-18(11-28-19)37-23-10-20-22(9-17(23)14-35)34(15-36-7-8-39(2,3)4)26(32-20)21-12-30-24(27)13-29-21/h5-6,9-13,35H,7-8,14-15H2,1-4H3. The van der Waals surface area contributed by atoms with E-state index in [1.165, 1.54) is 0 Å². The van der Waals surface area contributed by atoms with Crippen LogP contribution in [-0.2, 0) is 18.1 Å². The van der Waals surface area contributed by atoms with E-state index in [2.05, 4.69) is 60.7 Å². The van der Waals surface area contributed by atoms with Crippen LogP contribution in [0.5, 0.6) is 11.5 Å². The lowest BCUT2D eigenvalue weighted by molar-refractivity contribution is 0.0909. The van der Waals surface area contributed by atoms with Gasteiger partial charge in [0.2, 0.25) is 11.7 Å². The molecule has 4 heterocycles. The number of fused-ring (bicyclic) bond motifs is 1. The van der Waals surface area contributed by atoms with Gasteiger partial charge >= 0.3 is 0 Å². The van der Waals surface area contributed by atoms with E-state index in [-0.39, 0.29) is 6.61 Å². The minimum Gasteiger partial charge on any atom is -0.455 e. The molecular formula is C26H28BrN7O4Si. The van der Waals surface area contributed by atoms with Gasteiger partial charge in [-0.2, -0.15) is 4.98 Å². The summed E-state index contributed by atoms with van der Waals surface area (Å²) in [6, 6.07) is 8.21. The molecule has 4 aromatic heterocycles. The van der Waals surface area contributed by atoms with E-state index in [0.29, 0.717) is 69.4 Å². The van der Waals surface area contributed by atoms with Crippen molar-refractivity contribution in [1.29, 1.82) is 0 Å². The molecule has 0 unspecified atom stereocenters. The predicted molar refractivity (Wildman–Crippen MR) is 151 cm³/mol. The number of aliphatic hydroxyl groups excluding tert-OH is 1. The second-order valence-corrected chi connectivity index (χ2v) is 16.6. The molecule has 0 bridgehead atoms. The fourth-order valence-corrected chi connectivity index (χ4v) is 4.77. The molecule has 0 spiro atoms. The topological polar surface area (TPSA) is 134 Å². The largest absolute Gasteiger partial charge is 0.455 e. The van der Waals surface area contributed by atoms with E-state index in [0.717, 1.165) is 11.6 Å². The maximum atomic E-state index is 10.2. The minimum atomic E-state index is -1.24. The van der Waals surface area contributed by atoms with Crippen LogP contribution in [0.15, 0.2) is 52.0 Å². The number of rotatable bonds is 10. The Morgan fingerprint density at radius 1 is 1.03 bits per heavy atom. The summed E-state index contributed by atoms with van der Waals surface area (Å²) in [6.07, 6.45) is 4.86. The van der Waals surface area contributed by atoms with Crippen molar-refractivity contribution in [3.63, 3.8) is 0 Å². The Morgan fingerprint density at radius 3 is 2.49 bits per heavy atom. The van der Waals surface area contributed by atoms with Crippen LogP contribution in [0.25, 0.3) is 34.1 Å². The van der Waals surface area contributed by atoms with Gasteiger partial charge in [-0.25, -0.2) is 19.9 Å². The normalized spacial score (nSPS) is 11.8. The summed E-state index contributed by atoms with van der Waals surface area (Å²) in [5, 5.41) is 14.1. The van der Waals surface area contributed by atoms with Crippen molar-refractivity contribution in [2.45, 2.75) is 45.9 Å². The number of hydrogen-bond acceptors (Lipinski definition) is 10. The van der Waals surface area contributed by atoms with Gasteiger partial charge in [0.25, 0.3) is 0 Å². The predicted octanol–water partition coefficient (Wildman–Crippen LogP) is 5.61. The maximum Gasteiger partial charge on any atom is 0.223 e. The molecular weight excluding hydrogens is 582 g/mol. The van der Waals surface area contributed by atoms with Crippen LogP contribution in [-0.4, -0.2) is 54.4 Å². The summed E-state index contributed by atoms with van der Waals surface area (Å²) in [7, 11) is -1.24. The van der Waals surface area contributed by atoms with Crippen LogP contribution in [0.2, 0.25) is 25.7 Å². The number of aromatic nitrogens is 7. The summed E-state index contributed by atoms with van der Waals surface area (Å²) in [4.78, 5) is 22.2. The molecule has 0 amide bonds. The Morgan fingerprint density at radius 2 is 1.85 bits per heavy atom. The number of benzene rings is 1. The van der Waals surface area contributed by atoms with Crippen molar-refractivity contribution in [2.24, 2.45) is 0 Å². The van der Waals surface area contributed by atoms with Crippen LogP contribution < -0.4 is 4.74 Å². The fraction of sp³-hybridized carbons (Fsp3) is 0.308. The van der Waals surface area contributed by atoms with Crippen LogP contribution >= 0.6 is 15.9 Å². The van der Waals surface area contributed by atoms with Gasteiger partial charge in [0.1, 0.15) is 34.2 Å². The fourth-order valence-electron chi connectivity index (χ4n) is 3.81. The highest BCUT2D eigenvalue weighted by atomic mass is 79.9. The molecule has 5 rings (SSSR count). The van der Waals surface area contributed by atoms with Crippen LogP contribution in [0.3, 0.4) is 0 Å². The van der Waals surface area contributed by atoms with Crippen molar-refractivity contribution in [3.8, 4) is 34.5 Å². The first-order chi connectivity index (χ1) is 18.7. The van der Waals surface area contributed by atoms with Gasteiger partial charge in [-0.3, -0.25) is 4.57 Å². The Hall–Kier alpha value is -3.52. The summed E-state index contributed by atoms with van der Waals surface area (Å²) < 4.78 is 19.8. The average Bonchev–Trinajstić information content (AvgIpc) is 3.49. The van der Waals surface area contributed by atoms with Crippen LogP contribution in [0.1, 0.15) is 11.5 Å². The first kappa shape index (κ1) is 27.1.